The van der Waals surface area contributed by atoms with Crippen LogP contribution in [0.3, 0.4) is 0 Å². The van der Waals surface area contributed by atoms with Gasteiger partial charge >= 0.3 is 11.9 Å². The SMILES string of the molecule is CCCCCCCC/C=C\CCCCCCCC(=O)N[C@@H](CSC(=O)CCCCCCC/C=C\CCCCCCCC)C(=O)OC(COC(=O)CCCCCCCCCCCCCCC)COP(=O)([O-])OCC[N+](C)(C)C. The molecule has 0 fully saturated rings. The highest BCUT2D eigenvalue weighted by molar-refractivity contribution is 8.13. The van der Waals surface area contributed by atoms with Crippen molar-refractivity contribution in [2.75, 3.05) is 53.3 Å². The fourth-order valence-electron chi connectivity index (χ4n) is 8.93. The van der Waals surface area contributed by atoms with Gasteiger partial charge in [0.15, 0.2) is 11.2 Å². The van der Waals surface area contributed by atoms with Crippen LogP contribution in [-0.4, -0.2) is 92.9 Å². The molecule has 0 radical (unpaired) electrons. The number of ether oxygens (including phenoxy) is 2. The molecule has 0 aliphatic heterocycles. The van der Waals surface area contributed by atoms with Crippen LogP contribution in [-0.2, 0) is 42.3 Å². The highest BCUT2D eigenvalue weighted by Crippen LogP contribution is 2.38. The van der Waals surface area contributed by atoms with E-state index in [-0.39, 0.29) is 36.2 Å². The molecule has 0 bridgehead atoms. The van der Waals surface area contributed by atoms with E-state index in [1.54, 1.807) is 0 Å². The van der Waals surface area contributed by atoms with Crippen LogP contribution in [0.25, 0.3) is 0 Å². The summed E-state index contributed by atoms with van der Waals surface area (Å²) < 4.78 is 34.9. The molecule has 1 amide bonds. The standard InChI is InChI=1S/C63H119N2O10PS/c1-7-10-13-16-19-22-25-28-30-33-35-38-41-44-47-50-60(66)64-59(57-77-62(68)52-49-46-43-40-37-34-31-29-26-23-20-17-14-11-8-2)63(69)75-58(56-74-76(70,71)73-54-53-65(4,5)6)55-72-61(67)51-48-45-42-39-36-32-27-24-21-18-15-12-9-3/h28-31,58-59H,7-27,32-57H2,1-6H3,(H-,64,66,70,71)/b30-28-,31-29-/t58?,59-/m0/s1. The van der Waals surface area contributed by atoms with Gasteiger partial charge < -0.3 is 33.2 Å². The normalized spacial score (nSPS) is 13.5. The van der Waals surface area contributed by atoms with E-state index in [1.807, 2.05) is 21.1 Å². The van der Waals surface area contributed by atoms with Crippen molar-refractivity contribution in [3.8, 4) is 0 Å². The zero-order valence-electron chi connectivity index (χ0n) is 50.6. The van der Waals surface area contributed by atoms with Gasteiger partial charge in [-0.1, -0.05) is 237 Å². The van der Waals surface area contributed by atoms with Gasteiger partial charge in [0, 0.05) is 25.0 Å². The van der Waals surface area contributed by atoms with Gasteiger partial charge in [0.2, 0.25) is 5.91 Å². The topological polar surface area (TPSA) is 157 Å². The number of phosphoric acid groups is 1. The Balaban J connectivity index is 5.40. The molecule has 452 valence electrons. The van der Waals surface area contributed by atoms with E-state index in [4.69, 9.17) is 18.5 Å². The molecule has 1 N–H and O–H groups in total. The van der Waals surface area contributed by atoms with Gasteiger partial charge in [-0.05, 0) is 70.6 Å². The quantitative estimate of drug-likeness (QED) is 0.0203. The van der Waals surface area contributed by atoms with Gasteiger partial charge in [-0.2, -0.15) is 0 Å². The van der Waals surface area contributed by atoms with Crippen molar-refractivity contribution in [3.63, 3.8) is 0 Å². The average molecular weight is 1130 g/mol. The fraction of sp³-hybridized carbons (Fsp3) is 0.873. The molecule has 3 atom stereocenters. The second-order valence-electron chi connectivity index (χ2n) is 22.8. The van der Waals surface area contributed by atoms with E-state index in [2.05, 4.69) is 50.4 Å². The molecule has 0 aliphatic rings. The first-order valence-corrected chi connectivity index (χ1v) is 34.2. The maximum atomic E-state index is 13.9. The Bertz CT molecular complexity index is 1510. The molecule has 0 rings (SSSR count). The largest absolute Gasteiger partial charge is 0.756 e. The number of carbonyl (C=O) groups excluding carboxylic acids is 4. The van der Waals surface area contributed by atoms with E-state index in [0.717, 1.165) is 114 Å². The third-order valence-electron chi connectivity index (χ3n) is 14.0. The van der Waals surface area contributed by atoms with Crippen molar-refractivity contribution < 1.29 is 51.6 Å². The summed E-state index contributed by atoms with van der Waals surface area (Å²) in [5, 5.41) is 2.73. The van der Waals surface area contributed by atoms with Gasteiger partial charge in [-0.15, -0.1) is 0 Å². The smallest absolute Gasteiger partial charge is 0.330 e. The highest BCUT2D eigenvalue weighted by atomic mass is 32.2. The minimum absolute atomic E-state index is 0.0541. The number of thioether (sulfide) groups is 1. The fourth-order valence-corrected chi connectivity index (χ4v) is 10.5. The third-order valence-corrected chi connectivity index (χ3v) is 16.0. The predicted octanol–water partition coefficient (Wildman–Crippen LogP) is 17.0. The van der Waals surface area contributed by atoms with Crippen molar-refractivity contribution >= 4 is 42.5 Å². The van der Waals surface area contributed by atoms with Crippen molar-refractivity contribution in [1.29, 1.82) is 0 Å². The van der Waals surface area contributed by atoms with Crippen LogP contribution in [0.15, 0.2) is 24.3 Å². The zero-order chi connectivity index (χ0) is 56.8. The number of likely N-dealkylation sites (N-methyl/N-ethyl adjacent to an activating group) is 1. The Labute approximate surface area is 477 Å². The molecular weight excluding hydrogens is 1010 g/mol. The first kappa shape index (κ1) is 75.0. The summed E-state index contributed by atoms with van der Waals surface area (Å²) in [7, 11) is 0.887. The van der Waals surface area contributed by atoms with Crippen LogP contribution in [0.4, 0.5) is 0 Å². The lowest BCUT2D eigenvalue weighted by Crippen LogP contribution is -2.46. The maximum Gasteiger partial charge on any atom is 0.330 e. The summed E-state index contributed by atoms with van der Waals surface area (Å²) in [5.41, 5.74) is 0. The summed E-state index contributed by atoms with van der Waals surface area (Å²) in [5.74, 6) is -1.74. The lowest BCUT2D eigenvalue weighted by molar-refractivity contribution is -0.870. The van der Waals surface area contributed by atoms with Crippen LogP contribution in [0.1, 0.15) is 290 Å². The monoisotopic (exact) mass is 1130 g/mol. The number of carbonyl (C=O) groups is 4. The summed E-state index contributed by atoms with van der Waals surface area (Å²) >= 11 is 0.985. The average Bonchev–Trinajstić information content (AvgIpc) is 3.39. The molecule has 0 saturated carbocycles. The second-order valence-corrected chi connectivity index (χ2v) is 25.3. The van der Waals surface area contributed by atoms with Gasteiger partial charge in [0.05, 0.1) is 27.7 Å². The van der Waals surface area contributed by atoms with Crippen LogP contribution < -0.4 is 10.2 Å². The molecule has 0 saturated heterocycles. The van der Waals surface area contributed by atoms with Gasteiger partial charge in [-0.25, -0.2) is 4.79 Å². The summed E-state index contributed by atoms with van der Waals surface area (Å²) in [4.78, 5) is 66.1. The molecule has 0 aromatic rings. The summed E-state index contributed by atoms with van der Waals surface area (Å²) in [6.07, 6.45) is 53.9. The van der Waals surface area contributed by atoms with Crippen LogP contribution >= 0.6 is 19.6 Å². The van der Waals surface area contributed by atoms with Crippen LogP contribution in [0.5, 0.6) is 0 Å². The van der Waals surface area contributed by atoms with Gasteiger partial charge in [-0.3, -0.25) is 18.9 Å². The zero-order valence-corrected chi connectivity index (χ0v) is 52.3. The number of hydrogen-bond acceptors (Lipinski definition) is 11. The van der Waals surface area contributed by atoms with Crippen molar-refractivity contribution in [2.24, 2.45) is 0 Å². The number of amides is 1. The Morgan fingerprint density at radius 1 is 0.506 bits per heavy atom. The number of rotatable bonds is 58. The predicted molar refractivity (Wildman–Crippen MR) is 322 cm³/mol. The Hall–Kier alpha value is -2.02. The number of unbranched alkanes of at least 4 members (excludes halogenated alkanes) is 34. The molecule has 77 heavy (non-hydrogen) atoms. The Morgan fingerprint density at radius 3 is 1.30 bits per heavy atom. The van der Waals surface area contributed by atoms with E-state index in [9.17, 15) is 28.6 Å². The number of esters is 2. The first-order chi connectivity index (χ1) is 37.2. The van der Waals surface area contributed by atoms with Gasteiger partial charge in [0.25, 0.3) is 7.82 Å². The molecule has 12 nitrogen and oxygen atoms in total. The second kappa shape index (κ2) is 54.6. The minimum atomic E-state index is -4.82. The number of nitrogens with zero attached hydrogens (tertiary/aromatic N) is 1. The molecule has 0 heterocycles. The van der Waals surface area contributed by atoms with Crippen LogP contribution in [0, 0.1) is 0 Å². The molecule has 0 aromatic carbocycles. The molecule has 0 aromatic heterocycles. The number of nitrogens with one attached hydrogen (secondary N) is 1. The Kier molecular flexibility index (Phi) is 53.1. The lowest BCUT2D eigenvalue weighted by Gasteiger charge is -2.28. The summed E-state index contributed by atoms with van der Waals surface area (Å²) in [6, 6.07) is -1.20. The van der Waals surface area contributed by atoms with Crippen molar-refractivity contribution in [1.82, 2.24) is 5.32 Å². The van der Waals surface area contributed by atoms with Gasteiger partial charge in [0.1, 0.15) is 25.8 Å². The summed E-state index contributed by atoms with van der Waals surface area (Å²) in [6.45, 7) is 5.92. The van der Waals surface area contributed by atoms with Crippen molar-refractivity contribution in [2.45, 2.75) is 303 Å². The maximum absolute atomic E-state index is 13.9. The van der Waals surface area contributed by atoms with Crippen LogP contribution in [0.2, 0.25) is 0 Å². The molecule has 0 aliphatic carbocycles. The van der Waals surface area contributed by atoms with E-state index >= 15 is 0 Å². The number of quaternary nitrogens is 1. The van der Waals surface area contributed by atoms with E-state index in [0.29, 0.717) is 30.3 Å². The third kappa shape index (κ3) is 55.7. The molecule has 0 spiro atoms. The first-order valence-electron chi connectivity index (χ1n) is 31.7. The number of allylic oxidation sites excluding steroid dienone is 4. The minimum Gasteiger partial charge on any atom is -0.756 e. The molecule has 14 heteroatoms. The number of phosphoric ester groups is 1. The molecular formula is C63H119N2O10PS. The Morgan fingerprint density at radius 2 is 0.883 bits per heavy atom. The van der Waals surface area contributed by atoms with Crippen molar-refractivity contribution in [3.05, 3.63) is 24.3 Å². The lowest BCUT2D eigenvalue weighted by atomic mass is 10.0. The highest BCUT2D eigenvalue weighted by Gasteiger charge is 2.28. The number of hydrogen-bond donors (Lipinski definition) is 1. The van der Waals surface area contributed by atoms with E-state index < -0.39 is 45.1 Å². The molecule has 2 unspecified atom stereocenters. The van der Waals surface area contributed by atoms with E-state index in [1.165, 1.54) is 135 Å².